The van der Waals surface area contributed by atoms with Crippen molar-refractivity contribution in [3.05, 3.63) is 48.3 Å². The van der Waals surface area contributed by atoms with Gasteiger partial charge >= 0.3 is 0 Å². The standard InChI is InChI=1S/C18H20N4O/c1-14(15-7-8-15)21(11-3-9-19)18(23)16-5-2-6-17(13-16)22-12-4-10-20-22/h2,4-6,10,12-15H,3,7-8,11H2,1H3/t14-/m0/s1. The largest absolute Gasteiger partial charge is 0.335 e. The maximum Gasteiger partial charge on any atom is 0.254 e. The zero-order valence-corrected chi connectivity index (χ0v) is 13.2. The number of amides is 1. The summed E-state index contributed by atoms with van der Waals surface area (Å²) in [5.74, 6) is 0.570. The Bertz CT molecular complexity index is 713. The molecule has 0 unspecified atom stereocenters. The van der Waals surface area contributed by atoms with Gasteiger partial charge in [-0.2, -0.15) is 10.4 Å². The lowest BCUT2D eigenvalue weighted by Crippen LogP contribution is -2.40. The van der Waals surface area contributed by atoms with Crippen LogP contribution in [0.1, 0.15) is 36.5 Å². The molecule has 118 valence electrons. The Balaban J connectivity index is 1.84. The highest BCUT2D eigenvalue weighted by Gasteiger charge is 2.34. The molecule has 0 N–H and O–H groups in total. The third kappa shape index (κ3) is 3.42. The van der Waals surface area contributed by atoms with Crippen LogP contribution in [0.4, 0.5) is 0 Å². The minimum Gasteiger partial charge on any atom is -0.335 e. The monoisotopic (exact) mass is 308 g/mol. The molecule has 1 fully saturated rings. The fraction of sp³-hybridized carbons (Fsp3) is 0.389. The Morgan fingerprint density at radius 3 is 2.96 bits per heavy atom. The molecule has 1 saturated carbocycles. The van der Waals surface area contributed by atoms with Crippen molar-refractivity contribution in [2.75, 3.05) is 6.54 Å². The van der Waals surface area contributed by atoms with Gasteiger partial charge in [0.05, 0.1) is 18.2 Å². The molecule has 3 rings (SSSR count). The summed E-state index contributed by atoms with van der Waals surface area (Å²) in [7, 11) is 0. The first kappa shape index (κ1) is 15.3. The number of carbonyl (C=O) groups is 1. The lowest BCUT2D eigenvalue weighted by Gasteiger charge is -2.29. The first-order chi connectivity index (χ1) is 11.2. The topological polar surface area (TPSA) is 61.9 Å². The van der Waals surface area contributed by atoms with E-state index in [1.54, 1.807) is 10.9 Å². The van der Waals surface area contributed by atoms with Crippen LogP contribution in [0.2, 0.25) is 0 Å². The summed E-state index contributed by atoms with van der Waals surface area (Å²) in [5.41, 5.74) is 1.50. The van der Waals surface area contributed by atoms with Gasteiger partial charge < -0.3 is 4.90 Å². The van der Waals surface area contributed by atoms with E-state index < -0.39 is 0 Å². The molecule has 0 spiro atoms. The van der Waals surface area contributed by atoms with Crippen LogP contribution < -0.4 is 0 Å². The molecule has 1 aromatic heterocycles. The van der Waals surface area contributed by atoms with Crippen molar-refractivity contribution in [3.63, 3.8) is 0 Å². The normalized spacial score (nSPS) is 15.0. The van der Waals surface area contributed by atoms with Gasteiger partial charge in [0, 0.05) is 30.5 Å². The van der Waals surface area contributed by atoms with Gasteiger partial charge in [-0.05, 0) is 49.9 Å². The summed E-state index contributed by atoms with van der Waals surface area (Å²) in [6.45, 7) is 2.57. The number of rotatable bonds is 6. The molecular formula is C18H20N4O. The summed E-state index contributed by atoms with van der Waals surface area (Å²) in [5, 5.41) is 13.1. The molecule has 1 atom stereocenters. The van der Waals surface area contributed by atoms with E-state index in [1.165, 1.54) is 12.8 Å². The van der Waals surface area contributed by atoms with Gasteiger partial charge in [0.2, 0.25) is 0 Å². The summed E-state index contributed by atoms with van der Waals surface area (Å²) in [6, 6.07) is 11.7. The Kier molecular flexibility index (Phi) is 4.42. The van der Waals surface area contributed by atoms with E-state index in [0.717, 1.165) is 5.69 Å². The molecule has 5 nitrogen and oxygen atoms in total. The Hall–Kier alpha value is -2.61. The fourth-order valence-corrected chi connectivity index (χ4v) is 2.86. The number of carbonyl (C=O) groups excluding carboxylic acids is 1. The van der Waals surface area contributed by atoms with Crippen LogP contribution in [0.5, 0.6) is 0 Å². The molecule has 1 amide bonds. The summed E-state index contributed by atoms with van der Waals surface area (Å²) < 4.78 is 1.74. The number of benzene rings is 1. The fourth-order valence-electron chi connectivity index (χ4n) is 2.86. The molecule has 23 heavy (non-hydrogen) atoms. The molecule has 1 aliphatic rings. The highest BCUT2D eigenvalue weighted by atomic mass is 16.2. The van der Waals surface area contributed by atoms with Gasteiger partial charge in [-0.1, -0.05) is 6.07 Å². The third-order valence-electron chi connectivity index (χ3n) is 4.38. The summed E-state index contributed by atoms with van der Waals surface area (Å²) >= 11 is 0. The Morgan fingerprint density at radius 1 is 1.48 bits per heavy atom. The molecule has 0 bridgehead atoms. The number of aromatic nitrogens is 2. The first-order valence-electron chi connectivity index (χ1n) is 7.98. The highest BCUT2D eigenvalue weighted by molar-refractivity contribution is 5.95. The van der Waals surface area contributed by atoms with Crippen LogP contribution in [-0.4, -0.2) is 33.2 Å². The number of nitriles is 1. The number of hydrogen-bond acceptors (Lipinski definition) is 3. The van der Waals surface area contributed by atoms with Gasteiger partial charge in [0.25, 0.3) is 5.91 Å². The minimum atomic E-state index is -0.00587. The predicted molar refractivity (Wildman–Crippen MR) is 87.0 cm³/mol. The maximum absolute atomic E-state index is 12.9. The van der Waals surface area contributed by atoms with Gasteiger partial charge in [0.1, 0.15) is 0 Å². The molecule has 0 aliphatic heterocycles. The number of nitrogens with zero attached hydrogens (tertiary/aromatic N) is 4. The van der Waals surface area contributed by atoms with Crippen molar-refractivity contribution >= 4 is 5.91 Å². The van der Waals surface area contributed by atoms with E-state index in [2.05, 4.69) is 18.1 Å². The number of hydrogen-bond donors (Lipinski definition) is 0. The van der Waals surface area contributed by atoms with Gasteiger partial charge in [-0.3, -0.25) is 4.79 Å². The van der Waals surface area contributed by atoms with E-state index in [-0.39, 0.29) is 11.9 Å². The van der Waals surface area contributed by atoms with Crippen LogP contribution in [0.15, 0.2) is 42.7 Å². The molecule has 0 radical (unpaired) electrons. The van der Waals surface area contributed by atoms with Crippen molar-refractivity contribution in [2.45, 2.75) is 32.2 Å². The zero-order valence-electron chi connectivity index (χ0n) is 13.2. The molecule has 2 aromatic rings. The second kappa shape index (κ2) is 6.66. The highest BCUT2D eigenvalue weighted by Crippen LogP contribution is 2.35. The maximum atomic E-state index is 12.9. The smallest absolute Gasteiger partial charge is 0.254 e. The minimum absolute atomic E-state index is 0.00587. The SMILES string of the molecule is C[C@@H](C1CC1)N(CCC#N)C(=O)c1cccc(-n2cccn2)c1. The van der Waals surface area contributed by atoms with Crippen molar-refractivity contribution in [3.8, 4) is 11.8 Å². The second-order valence-corrected chi connectivity index (χ2v) is 5.99. The van der Waals surface area contributed by atoms with Gasteiger partial charge in [-0.25, -0.2) is 4.68 Å². The van der Waals surface area contributed by atoms with E-state index in [0.29, 0.717) is 24.4 Å². The second-order valence-electron chi connectivity index (χ2n) is 5.99. The van der Waals surface area contributed by atoms with Crippen LogP contribution in [0, 0.1) is 17.2 Å². The van der Waals surface area contributed by atoms with E-state index in [1.807, 2.05) is 41.4 Å². The molecular weight excluding hydrogens is 288 g/mol. The summed E-state index contributed by atoms with van der Waals surface area (Å²) in [6.07, 6.45) is 6.27. The molecule has 0 saturated heterocycles. The van der Waals surface area contributed by atoms with E-state index >= 15 is 0 Å². The van der Waals surface area contributed by atoms with E-state index in [9.17, 15) is 4.79 Å². The third-order valence-corrected chi connectivity index (χ3v) is 4.38. The predicted octanol–water partition coefficient (Wildman–Crippen LogP) is 3.03. The van der Waals surface area contributed by atoms with E-state index in [4.69, 9.17) is 5.26 Å². The molecule has 1 heterocycles. The van der Waals surface area contributed by atoms with Crippen molar-refractivity contribution in [2.24, 2.45) is 5.92 Å². The van der Waals surface area contributed by atoms with Crippen molar-refractivity contribution in [1.29, 1.82) is 5.26 Å². The average molecular weight is 308 g/mol. The van der Waals surface area contributed by atoms with Gasteiger partial charge in [-0.15, -0.1) is 0 Å². The van der Waals surface area contributed by atoms with Crippen LogP contribution in [0.25, 0.3) is 5.69 Å². The zero-order chi connectivity index (χ0) is 16.2. The van der Waals surface area contributed by atoms with Crippen molar-refractivity contribution < 1.29 is 4.79 Å². The molecule has 1 aliphatic carbocycles. The quantitative estimate of drug-likeness (QED) is 0.824. The lowest BCUT2D eigenvalue weighted by atomic mass is 10.1. The van der Waals surface area contributed by atoms with Crippen LogP contribution in [-0.2, 0) is 0 Å². The molecule has 5 heteroatoms. The first-order valence-corrected chi connectivity index (χ1v) is 7.98. The van der Waals surface area contributed by atoms with Gasteiger partial charge in [0.15, 0.2) is 0 Å². The van der Waals surface area contributed by atoms with Crippen LogP contribution in [0.3, 0.4) is 0 Å². The molecule has 1 aromatic carbocycles. The Morgan fingerprint density at radius 2 is 2.30 bits per heavy atom. The lowest BCUT2D eigenvalue weighted by molar-refractivity contribution is 0.0677. The van der Waals surface area contributed by atoms with Crippen molar-refractivity contribution in [1.82, 2.24) is 14.7 Å². The Labute approximate surface area is 136 Å². The summed E-state index contributed by atoms with van der Waals surface area (Å²) in [4.78, 5) is 14.8. The van der Waals surface area contributed by atoms with Crippen LogP contribution >= 0.6 is 0 Å². The average Bonchev–Trinajstić information content (AvgIpc) is 3.29.